The standard InChI is InChI=1S/C14H21FN2O2S/c1-9-3-5-12(6-4-9)17-20(18,19)14-8-11(16)7-13(15)10(14)2/h7-9,12,17H,3-6,16H2,1-2H3. The molecule has 1 fully saturated rings. The number of hydrogen-bond donors (Lipinski definition) is 2. The molecule has 0 radical (unpaired) electrons. The molecular weight excluding hydrogens is 279 g/mol. The third-order valence-electron chi connectivity index (χ3n) is 3.95. The van der Waals surface area contributed by atoms with Crippen LogP contribution in [0.5, 0.6) is 0 Å². The van der Waals surface area contributed by atoms with Crippen LogP contribution in [0.25, 0.3) is 0 Å². The van der Waals surface area contributed by atoms with Crippen molar-refractivity contribution in [1.82, 2.24) is 4.72 Å². The fourth-order valence-corrected chi connectivity index (χ4v) is 4.21. The van der Waals surface area contributed by atoms with E-state index in [9.17, 15) is 12.8 Å². The molecule has 0 heterocycles. The lowest BCUT2D eigenvalue weighted by molar-refractivity contribution is 0.332. The van der Waals surface area contributed by atoms with Crippen molar-refractivity contribution in [3.8, 4) is 0 Å². The van der Waals surface area contributed by atoms with E-state index in [-0.39, 0.29) is 22.2 Å². The second kappa shape index (κ2) is 5.69. The third-order valence-corrected chi connectivity index (χ3v) is 5.59. The lowest BCUT2D eigenvalue weighted by Gasteiger charge is -2.27. The highest BCUT2D eigenvalue weighted by atomic mass is 32.2. The molecule has 112 valence electrons. The van der Waals surface area contributed by atoms with Crippen molar-refractivity contribution in [2.24, 2.45) is 5.92 Å². The first-order chi connectivity index (χ1) is 9.29. The van der Waals surface area contributed by atoms with Gasteiger partial charge in [0.2, 0.25) is 10.0 Å². The van der Waals surface area contributed by atoms with Gasteiger partial charge in [-0.25, -0.2) is 17.5 Å². The maximum absolute atomic E-state index is 13.6. The van der Waals surface area contributed by atoms with Gasteiger partial charge in [-0.05, 0) is 50.7 Å². The fraction of sp³-hybridized carbons (Fsp3) is 0.571. The molecule has 0 aliphatic heterocycles. The van der Waals surface area contributed by atoms with Crippen LogP contribution >= 0.6 is 0 Å². The molecule has 0 unspecified atom stereocenters. The minimum absolute atomic E-state index is 0.0615. The SMILES string of the molecule is Cc1c(F)cc(N)cc1S(=O)(=O)NC1CCC(C)CC1. The minimum Gasteiger partial charge on any atom is -0.399 e. The Balaban J connectivity index is 2.23. The average Bonchev–Trinajstić information content (AvgIpc) is 2.36. The first-order valence-electron chi connectivity index (χ1n) is 6.87. The van der Waals surface area contributed by atoms with Crippen molar-refractivity contribution in [2.75, 3.05) is 5.73 Å². The van der Waals surface area contributed by atoms with Crippen molar-refractivity contribution in [3.63, 3.8) is 0 Å². The largest absolute Gasteiger partial charge is 0.399 e. The van der Waals surface area contributed by atoms with Crippen LogP contribution in [0.2, 0.25) is 0 Å². The van der Waals surface area contributed by atoms with Crippen molar-refractivity contribution in [1.29, 1.82) is 0 Å². The van der Waals surface area contributed by atoms with Crippen LogP contribution in [0.3, 0.4) is 0 Å². The monoisotopic (exact) mass is 300 g/mol. The molecule has 0 saturated heterocycles. The maximum Gasteiger partial charge on any atom is 0.241 e. The second-order valence-electron chi connectivity index (χ2n) is 5.70. The number of nitrogen functional groups attached to an aromatic ring is 1. The van der Waals surface area contributed by atoms with Crippen LogP contribution in [0.4, 0.5) is 10.1 Å². The van der Waals surface area contributed by atoms with E-state index in [1.807, 2.05) is 0 Å². The zero-order chi connectivity index (χ0) is 14.9. The summed E-state index contributed by atoms with van der Waals surface area (Å²) in [5.41, 5.74) is 5.77. The van der Waals surface area contributed by atoms with Crippen molar-refractivity contribution >= 4 is 15.7 Å². The van der Waals surface area contributed by atoms with Crippen LogP contribution in [0, 0.1) is 18.7 Å². The van der Waals surface area contributed by atoms with Gasteiger partial charge in [-0.2, -0.15) is 0 Å². The molecule has 1 saturated carbocycles. The molecule has 1 aromatic rings. The summed E-state index contributed by atoms with van der Waals surface area (Å²) in [4.78, 5) is -0.0615. The lowest BCUT2D eigenvalue weighted by Crippen LogP contribution is -2.37. The lowest BCUT2D eigenvalue weighted by atomic mass is 9.88. The summed E-state index contributed by atoms with van der Waals surface area (Å²) < 4.78 is 41.1. The zero-order valence-electron chi connectivity index (χ0n) is 11.8. The normalized spacial score (nSPS) is 23.8. The Bertz CT molecular complexity index is 593. The van der Waals surface area contributed by atoms with E-state index in [0.717, 1.165) is 31.7 Å². The van der Waals surface area contributed by atoms with E-state index >= 15 is 0 Å². The molecule has 0 spiro atoms. The second-order valence-corrected chi connectivity index (χ2v) is 7.39. The predicted octanol–water partition coefficient (Wildman–Crippen LogP) is 2.57. The molecule has 2 rings (SSSR count). The number of halogens is 1. The fourth-order valence-electron chi connectivity index (χ4n) is 2.61. The van der Waals surface area contributed by atoms with Crippen LogP contribution < -0.4 is 10.5 Å². The summed E-state index contributed by atoms with van der Waals surface area (Å²) in [6, 6.07) is 2.38. The quantitative estimate of drug-likeness (QED) is 0.843. The Kier molecular flexibility index (Phi) is 4.34. The molecule has 6 heteroatoms. The summed E-state index contributed by atoms with van der Waals surface area (Å²) in [6.45, 7) is 3.62. The molecule has 3 N–H and O–H groups in total. The summed E-state index contributed by atoms with van der Waals surface area (Å²) in [5, 5.41) is 0. The molecule has 0 atom stereocenters. The number of nitrogens with two attached hydrogens (primary N) is 1. The first kappa shape index (κ1) is 15.3. The van der Waals surface area contributed by atoms with Gasteiger partial charge in [0.15, 0.2) is 0 Å². The van der Waals surface area contributed by atoms with E-state index in [1.54, 1.807) is 0 Å². The van der Waals surface area contributed by atoms with Crippen molar-refractivity contribution in [3.05, 3.63) is 23.5 Å². The van der Waals surface area contributed by atoms with Crippen LogP contribution in [-0.4, -0.2) is 14.5 Å². The molecule has 0 amide bonds. The smallest absolute Gasteiger partial charge is 0.241 e. The summed E-state index contributed by atoms with van der Waals surface area (Å²) in [7, 11) is -3.72. The van der Waals surface area contributed by atoms with Crippen molar-refractivity contribution in [2.45, 2.75) is 50.5 Å². The summed E-state index contributed by atoms with van der Waals surface area (Å²) >= 11 is 0. The van der Waals surface area contributed by atoms with E-state index < -0.39 is 15.8 Å². The Hall–Kier alpha value is -1.14. The van der Waals surface area contributed by atoms with Crippen molar-refractivity contribution < 1.29 is 12.8 Å². The number of anilines is 1. The van der Waals surface area contributed by atoms with Crippen LogP contribution in [-0.2, 0) is 10.0 Å². The van der Waals surface area contributed by atoms with Crippen LogP contribution in [0.15, 0.2) is 17.0 Å². The molecular formula is C14H21FN2O2S. The van der Waals surface area contributed by atoms with Gasteiger partial charge < -0.3 is 5.73 Å². The van der Waals surface area contributed by atoms with Gasteiger partial charge in [-0.3, -0.25) is 0 Å². The third kappa shape index (κ3) is 3.30. The van der Waals surface area contributed by atoms with E-state index in [1.165, 1.54) is 13.0 Å². The van der Waals surface area contributed by atoms with E-state index in [0.29, 0.717) is 5.92 Å². The number of rotatable bonds is 3. The number of nitrogens with one attached hydrogen (secondary N) is 1. The Labute approximate surface area is 119 Å². The highest BCUT2D eigenvalue weighted by Gasteiger charge is 2.26. The molecule has 1 aliphatic rings. The summed E-state index contributed by atoms with van der Waals surface area (Å²) in [5.74, 6) is 0.0462. The highest BCUT2D eigenvalue weighted by molar-refractivity contribution is 7.89. The van der Waals surface area contributed by atoms with Crippen LogP contribution in [0.1, 0.15) is 38.2 Å². The molecule has 20 heavy (non-hydrogen) atoms. The van der Waals surface area contributed by atoms with Gasteiger partial charge >= 0.3 is 0 Å². The zero-order valence-corrected chi connectivity index (χ0v) is 12.6. The molecule has 4 nitrogen and oxygen atoms in total. The number of benzene rings is 1. The minimum atomic E-state index is -3.72. The molecule has 0 aromatic heterocycles. The van der Waals surface area contributed by atoms with Gasteiger partial charge in [-0.1, -0.05) is 6.92 Å². The maximum atomic E-state index is 13.6. The summed E-state index contributed by atoms with van der Waals surface area (Å²) in [6.07, 6.45) is 3.67. The van der Waals surface area contributed by atoms with Gasteiger partial charge in [0.05, 0.1) is 4.90 Å². The van der Waals surface area contributed by atoms with Gasteiger partial charge in [-0.15, -0.1) is 0 Å². The topological polar surface area (TPSA) is 72.2 Å². The van der Waals surface area contributed by atoms with Gasteiger partial charge in [0.1, 0.15) is 5.82 Å². The highest BCUT2D eigenvalue weighted by Crippen LogP contribution is 2.26. The van der Waals surface area contributed by atoms with Gasteiger partial charge in [0, 0.05) is 17.3 Å². The Morgan fingerprint density at radius 1 is 1.25 bits per heavy atom. The average molecular weight is 300 g/mol. The number of hydrogen-bond acceptors (Lipinski definition) is 3. The predicted molar refractivity (Wildman–Crippen MR) is 77.3 cm³/mol. The first-order valence-corrected chi connectivity index (χ1v) is 8.36. The van der Waals surface area contributed by atoms with Gasteiger partial charge in [0.25, 0.3) is 0 Å². The number of sulfonamides is 1. The van der Waals surface area contributed by atoms with E-state index in [2.05, 4.69) is 11.6 Å². The molecule has 1 aromatic carbocycles. The van der Waals surface area contributed by atoms with E-state index in [4.69, 9.17) is 5.73 Å². The molecule has 0 bridgehead atoms. The molecule has 1 aliphatic carbocycles. The Morgan fingerprint density at radius 3 is 2.45 bits per heavy atom. The Morgan fingerprint density at radius 2 is 1.85 bits per heavy atom.